The predicted octanol–water partition coefficient (Wildman–Crippen LogP) is 4.55. The number of fused-ring (bicyclic) bond motifs is 1. The predicted molar refractivity (Wildman–Crippen MR) is 123 cm³/mol. The third-order valence-corrected chi connectivity index (χ3v) is 5.06. The topological polar surface area (TPSA) is 67.8 Å². The van der Waals surface area contributed by atoms with E-state index in [2.05, 4.69) is 43.3 Å². The van der Waals surface area contributed by atoms with Crippen molar-refractivity contribution in [3.05, 3.63) is 113 Å². The van der Waals surface area contributed by atoms with Crippen LogP contribution in [0.2, 0.25) is 5.02 Å². The Bertz CT molecular complexity index is 1160. The Morgan fingerprint density at radius 1 is 0.968 bits per heavy atom. The molecule has 7 nitrogen and oxygen atoms in total. The van der Waals surface area contributed by atoms with E-state index in [1.807, 2.05) is 65.8 Å². The molecule has 8 heteroatoms. The van der Waals surface area contributed by atoms with Crippen LogP contribution in [0.5, 0.6) is 0 Å². The molecule has 3 aromatic rings. The van der Waals surface area contributed by atoms with E-state index < -0.39 is 0 Å². The van der Waals surface area contributed by atoms with Crippen LogP contribution < -0.4 is 16.2 Å². The molecule has 5 rings (SSSR count). The Hall–Kier alpha value is -3.97. The Morgan fingerprint density at radius 3 is 2.65 bits per heavy atom. The molecule has 3 heterocycles. The van der Waals surface area contributed by atoms with Crippen molar-refractivity contribution in [1.29, 1.82) is 0 Å². The average Bonchev–Trinajstić information content (AvgIpc) is 3.13. The van der Waals surface area contributed by atoms with Gasteiger partial charge in [0.1, 0.15) is 17.7 Å². The summed E-state index contributed by atoms with van der Waals surface area (Å²) in [7, 11) is 0. The number of hydrogen-bond acceptors (Lipinski definition) is 7. The van der Waals surface area contributed by atoms with E-state index in [4.69, 9.17) is 11.6 Å². The first-order chi connectivity index (χ1) is 15.3. The quantitative estimate of drug-likeness (QED) is 0.534. The Kier molecular flexibility index (Phi) is 5.16. The maximum atomic E-state index is 6.17. The zero-order valence-corrected chi connectivity index (χ0v) is 17.3. The van der Waals surface area contributed by atoms with Gasteiger partial charge in [0.15, 0.2) is 5.82 Å². The number of halogens is 1. The lowest BCUT2D eigenvalue weighted by atomic mass is 10.2. The number of anilines is 2. The number of rotatable bonds is 6. The summed E-state index contributed by atoms with van der Waals surface area (Å²) < 4.78 is 0. The van der Waals surface area contributed by atoms with Gasteiger partial charge in [0.05, 0.1) is 30.3 Å². The van der Waals surface area contributed by atoms with Crippen molar-refractivity contribution in [2.45, 2.75) is 6.54 Å². The second kappa shape index (κ2) is 8.41. The summed E-state index contributed by atoms with van der Waals surface area (Å²) in [6, 6.07) is 21.7. The SMILES string of the molecule is Clc1cccc(NN2C=NC=C3C2=C(Nc2cccnc2)NN3Cc2ccccc2)c1. The fraction of sp³-hybridized carbons (Fsp3) is 0.0435. The largest absolute Gasteiger partial charge is 0.338 e. The minimum Gasteiger partial charge on any atom is -0.338 e. The van der Waals surface area contributed by atoms with E-state index in [1.165, 1.54) is 5.56 Å². The number of hydrazine groups is 2. The zero-order valence-electron chi connectivity index (χ0n) is 16.5. The van der Waals surface area contributed by atoms with Gasteiger partial charge in [-0.05, 0) is 35.9 Å². The van der Waals surface area contributed by atoms with Crippen molar-refractivity contribution in [2.24, 2.45) is 4.99 Å². The molecular formula is C23H20ClN7. The van der Waals surface area contributed by atoms with Crippen LogP contribution in [0.25, 0.3) is 0 Å². The summed E-state index contributed by atoms with van der Waals surface area (Å²) in [5, 5.41) is 8.03. The molecule has 0 amide bonds. The van der Waals surface area contributed by atoms with Crippen molar-refractivity contribution < 1.29 is 0 Å². The third kappa shape index (κ3) is 4.17. The number of nitrogens with zero attached hydrogens (tertiary/aromatic N) is 4. The maximum absolute atomic E-state index is 6.17. The second-order valence-corrected chi connectivity index (χ2v) is 7.48. The molecule has 0 bridgehead atoms. The van der Waals surface area contributed by atoms with E-state index in [0.29, 0.717) is 11.6 Å². The molecule has 154 valence electrons. The minimum atomic E-state index is 0.660. The number of aliphatic imine (C=N–C) groups is 1. The summed E-state index contributed by atoms with van der Waals surface area (Å²) in [5.74, 6) is 0.816. The van der Waals surface area contributed by atoms with Crippen molar-refractivity contribution >= 4 is 29.3 Å². The van der Waals surface area contributed by atoms with Gasteiger partial charge in [-0.25, -0.2) is 10.0 Å². The average molecular weight is 430 g/mol. The van der Waals surface area contributed by atoms with E-state index in [1.54, 1.807) is 18.7 Å². The molecule has 0 radical (unpaired) electrons. The van der Waals surface area contributed by atoms with Crippen LogP contribution in [-0.4, -0.2) is 21.3 Å². The molecule has 0 saturated carbocycles. The highest BCUT2D eigenvalue weighted by Gasteiger charge is 2.32. The molecule has 0 aliphatic carbocycles. The Labute approximate surface area is 185 Å². The van der Waals surface area contributed by atoms with E-state index in [9.17, 15) is 0 Å². The summed E-state index contributed by atoms with van der Waals surface area (Å²) in [4.78, 5) is 8.64. The first-order valence-electron chi connectivity index (χ1n) is 9.81. The molecule has 2 aliphatic rings. The van der Waals surface area contributed by atoms with Crippen LogP contribution in [0, 0.1) is 0 Å². The molecule has 0 atom stereocenters. The molecule has 2 aromatic carbocycles. The van der Waals surface area contributed by atoms with Gasteiger partial charge in [-0.1, -0.05) is 48.0 Å². The summed E-state index contributed by atoms with van der Waals surface area (Å²) in [6.45, 7) is 0.676. The molecule has 1 aromatic heterocycles. The molecule has 31 heavy (non-hydrogen) atoms. The Morgan fingerprint density at radius 2 is 1.84 bits per heavy atom. The monoisotopic (exact) mass is 429 g/mol. The van der Waals surface area contributed by atoms with Crippen molar-refractivity contribution in [3.8, 4) is 0 Å². The number of nitrogens with one attached hydrogen (secondary N) is 3. The highest BCUT2D eigenvalue weighted by atomic mass is 35.5. The maximum Gasteiger partial charge on any atom is 0.151 e. The van der Waals surface area contributed by atoms with E-state index in [0.717, 1.165) is 28.6 Å². The van der Waals surface area contributed by atoms with Gasteiger partial charge in [0.25, 0.3) is 0 Å². The fourth-order valence-electron chi connectivity index (χ4n) is 3.45. The van der Waals surface area contributed by atoms with Crippen molar-refractivity contribution in [1.82, 2.24) is 20.4 Å². The standard InChI is InChI=1S/C23H20ClN7/c24-18-8-4-9-19(12-18)28-31-16-26-14-21-22(31)23(27-20-10-5-11-25-13-20)29-30(21)15-17-6-2-1-3-7-17/h1-14,16,27-29H,15H2. The van der Waals surface area contributed by atoms with Gasteiger partial charge in [-0.3, -0.25) is 20.8 Å². The number of hydrogen-bond donors (Lipinski definition) is 3. The second-order valence-electron chi connectivity index (χ2n) is 7.04. The molecular weight excluding hydrogens is 410 g/mol. The first-order valence-corrected chi connectivity index (χ1v) is 10.2. The van der Waals surface area contributed by atoms with Gasteiger partial charge in [-0.15, -0.1) is 0 Å². The lowest BCUT2D eigenvalue weighted by Crippen LogP contribution is -2.34. The van der Waals surface area contributed by atoms with Crippen LogP contribution in [-0.2, 0) is 6.54 Å². The van der Waals surface area contributed by atoms with Crippen molar-refractivity contribution in [2.75, 3.05) is 10.7 Å². The fourth-order valence-corrected chi connectivity index (χ4v) is 3.64. The molecule has 0 spiro atoms. The van der Waals surface area contributed by atoms with E-state index >= 15 is 0 Å². The number of aromatic nitrogens is 1. The van der Waals surface area contributed by atoms with Gasteiger partial charge in [0, 0.05) is 11.2 Å². The van der Waals surface area contributed by atoms with Gasteiger partial charge in [0.2, 0.25) is 0 Å². The normalized spacial score (nSPS) is 14.8. The van der Waals surface area contributed by atoms with Gasteiger partial charge in [-0.2, -0.15) is 0 Å². The molecule has 3 N–H and O–H groups in total. The molecule has 2 aliphatic heterocycles. The molecule has 0 fully saturated rings. The van der Waals surface area contributed by atoms with Gasteiger partial charge >= 0.3 is 0 Å². The number of benzene rings is 2. The summed E-state index contributed by atoms with van der Waals surface area (Å²) in [5.41, 5.74) is 11.6. The summed E-state index contributed by atoms with van der Waals surface area (Å²) in [6.07, 6.45) is 7.11. The van der Waals surface area contributed by atoms with Crippen LogP contribution >= 0.6 is 11.6 Å². The molecule has 0 unspecified atom stereocenters. The lowest BCUT2D eigenvalue weighted by molar-refractivity contribution is 0.291. The van der Waals surface area contributed by atoms with Crippen LogP contribution in [0.1, 0.15) is 5.56 Å². The zero-order chi connectivity index (χ0) is 21.0. The van der Waals surface area contributed by atoms with Crippen LogP contribution in [0.4, 0.5) is 11.4 Å². The lowest BCUT2D eigenvalue weighted by Gasteiger charge is -2.28. The Balaban J connectivity index is 1.47. The number of pyridine rings is 1. The van der Waals surface area contributed by atoms with Gasteiger partial charge < -0.3 is 5.32 Å². The van der Waals surface area contributed by atoms with Crippen molar-refractivity contribution in [3.63, 3.8) is 0 Å². The first kappa shape index (κ1) is 19.0. The third-order valence-electron chi connectivity index (χ3n) is 4.83. The highest BCUT2D eigenvalue weighted by molar-refractivity contribution is 6.30. The minimum absolute atomic E-state index is 0.660. The summed E-state index contributed by atoms with van der Waals surface area (Å²) >= 11 is 6.17. The smallest absolute Gasteiger partial charge is 0.151 e. The molecule has 0 saturated heterocycles. The van der Waals surface area contributed by atoms with Crippen LogP contribution in [0.15, 0.2) is 108 Å². The van der Waals surface area contributed by atoms with Crippen LogP contribution in [0.3, 0.4) is 0 Å². The van der Waals surface area contributed by atoms with E-state index in [-0.39, 0.29) is 0 Å². The highest BCUT2D eigenvalue weighted by Crippen LogP contribution is 2.31.